The average molecular weight is 306 g/mol. The Bertz CT molecular complexity index is 410. The van der Waals surface area contributed by atoms with Crippen LogP contribution in [0, 0.1) is 11.6 Å². The molecule has 0 saturated heterocycles. The minimum Gasteiger partial charge on any atom is -0.491 e. The summed E-state index contributed by atoms with van der Waals surface area (Å²) in [6.45, 7) is 6.73. The van der Waals surface area contributed by atoms with Crippen LogP contribution in [0.4, 0.5) is 8.78 Å². The van der Waals surface area contributed by atoms with Gasteiger partial charge in [0, 0.05) is 23.9 Å². The highest BCUT2D eigenvalue weighted by molar-refractivity contribution is 7.99. The first-order valence-corrected chi connectivity index (χ1v) is 7.59. The molecule has 0 N–H and O–H groups in total. The molecule has 1 aromatic carbocycles. The molecule has 0 bridgehead atoms. The van der Waals surface area contributed by atoms with Gasteiger partial charge in [-0.3, -0.25) is 0 Å². The summed E-state index contributed by atoms with van der Waals surface area (Å²) >= 11 is 1.16. The van der Waals surface area contributed by atoms with Crippen LogP contribution in [0.3, 0.4) is 0 Å². The molecule has 0 aliphatic heterocycles. The van der Waals surface area contributed by atoms with Crippen molar-refractivity contribution in [2.75, 3.05) is 25.6 Å². The third-order valence-electron chi connectivity index (χ3n) is 2.39. The van der Waals surface area contributed by atoms with Crippen molar-refractivity contribution < 1.29 is 23.0 Å². The SMILES string of the molecule is CCOc1ccc(SCC(OCC)OCC)c(F)c1F. The Labute approximate surface area is 122 Å². The molecule has 0 saturated carbocycles. The average Bonchev–Trinajstić information content (AvgIpc) is 2.43. The van der Waals surface area contributed by atoms with Gasteiger partial charge in [-0.2, -0.15) is 4.39 Å². The molecular formula is C14H20F2O3S. The lowest BCUT2D eigenvalue weighted by atomic mass is 10.3. The van der Waals surface area contributed by atoms with Crippen LogP contribution in [0.15, 0.2) is 17.0 Å². The van der Waals surface area contributed by atoms with Gasteiger partial charge in [0.05, 0.1) is 6.61 Å². The molecule has 0 spiro atoms. The normalized spacial score (nSPS) is 11.1. The molecule has 0 radical (unpaired) electrons. The Balaban J connectivity index is 2.70. The lowest BCUT2D eigenvalue weighted by Crippen LogP contribution is -2.20. The van der Waals surface area contributed by atoms with Gasteiger partial charge in [-0.15, -0.1) is 11.8 Å². The second kappa shape index (κ2) is 9.15. The summed E-state index contributed by atoms with van der Waals surface area (Å²) in [5, 5.41) is 0. The van der Waals surface area contributed by atoms with Gasteiger partial charge in [0.15, 0.2) is 17.9 Å². The van der Waals surface area contributed by atoms with Crippen LogP contribution in [-0.4, -0.2) is 31.9 Å². The smallest absolute Gasteiger partial charge is 0.201 e. The van der Waals surface area contributed by atoms with Crippen molar-refractivity contribution in [1.29, 1.82) is 0 Å². The first-order chi connectivity index (χ1) is 9.63. The van der Waals surface area contributed by atoms with Crippen LogP contribution in [0.1, 0.15) is 20.8 Å². The predicted octanol–water partition coefficient (Wildman–Crippen LogP) is 3.85. The summed E-state index contributed by atoms with van der Waals surface area (Å²) in [4.78, 5) is 0.218. The summed E-state index contributed by atoms with van der Waals surface area (Å²) in [6, 6.07) is 2.93. The lowest BCUT2D eigenvalue weighted by molar-refractivity contribution is -0.120. The number of thioether (sulfide) groups is 1. The molecule has 0 aliphatic carbocycles. The van der Waals surface area contributed by atoms with Gasteiger partial charge < -0.3 is 14.2 Å². The van der Waals surface area contributed by atoms with E-state index in [9.17, 15) is 8.78 Å². The molecule has 1 rings (SSSR count). The molecule has 0 heterocycles. The number of rotatable bonds is 9. The van der Waals surface area contributed by atoms with Crippen molar-refractivity contribution in [2.45, 2.75) is 32.0 Å². The summed E-state index contributed by atoms with van der Waals surface area (Å²) < 4.78 is 43.3. The third-order valence-corrected chi connectivity index (χ3v) is 3.46. The van der Waals surface area contributed by atoms with E-state index in [1.165, 1.54) is 12.1 Å². The highest BCUT2D eigenvalue weighted by Crippen LogP contribution is 2.30. The molecule has 0 unspecified atom stereocenters. The monoisotopic (exact) mass is 306 g/mol. The molecule has 3 nitrogen and oxygen atoms in total. The van der Waals surface area contributed by atoms with E-state index in [1.54, 1.807) is 6.92 Å². The molecule has 0 aromatic heterocycles. The number of benzene rings is 1. The number of ether oxygens (including phenoxy) is 3. The zero-order valence-corrected chi connectivity index (χ0v) is 12.8. The van der Waals surface area contributed by atoms with E-state index in [1.807, 2.05) is 13.8 Å². The molecule has 0 atom stereocenters. The minimum absolute atomic E-state index is 0.0690. The van der Waals surface area contributed by atoms with Gasteiger partial charge in [-0.1, -0.05) is 0 Å². The van der Waals surface area contributed by atoms with Crippen LogP contribution < -0.4 is 4.74 Å². The Morgan fingerprint density at radius 2 is 1.65 bits per heavy atom. The quantitative estimate of drug-likeness (QED) is 0.511. The number of hydrogen-bond donors (Lipinski definition) is 0. The molecule has 6 heteroatoms. The van der Waals surface area contributed by atoms with E-state index < -0.39 is 17.9 Å². The first-order valence-electron chi connectivity index (χ1n) is 6.60. The Hall–Kier alpha value is -0.850. The first kappa shape index (κ1) is 17.2. The summed E-state index contributed by atoms with van der Waals surface area (Å²) in [5.74, 6) is -1.53. The highest BCUT2D eigenvalue weighted by atomic mass is 32.2. The maximum absolute atomic E-state index is 13.9. The van der Waals surface area contributed by atoms with Crippen LogP contribution in [0.25, 0.3) is 0 Å². The second-order valence-electron chi connectivity index (χ2n) is 3.77. The third kappa shape index (κ3) is 4.92. The van der Waals surface area contributed by atoms with E-state index in [2.05, 4.69) is 0 Å². The van der Waals surface area contributed by atoms with Gasteiger partial charge in [0.25, 0.3) is 0 Å². The van der Waals surface area contributed by atoms with Gasteiger partial charge in [-0.25, -0.2) is 4.39 Å². The fraction of sp³-hybridized carbons (Fsp3) is 0.571. The summed E-state index contributed by atoms with van der Waals surface area (Å²) in [5.41, 5.74) is 0. The van der Waals surface area contributed by atoms with Crippen molar-refractivity contribution >= 4 is 11.8 Å². The maximum Gasteiger partial charge on any atom is 0.201 e. The molecule has 0 amide bonds. The fourth-order valence-electron chi connectivity index (χ4n) is 1.57. The standard InChI is InChI=1S/C14H20F2O3S/c1-4-17-10-7-8-11(14(16)13(10)15)20-9-12(18-5-2)19-6-3/h7-8,12H,4-6,9H2,1-3H3. The second-order valence-corrected chi connectivity index (χ2v) is 4.84. The van der Waals surface area contributed by atoms with E-state index in [4.69, 9.17) is 14.2 Å². The maximum atomic E-state index is 13.9. The van der Waals surface area contributed by atoms with Crippen LogP contribution >= 0.6 is 11.8 Å². The largest absolute Gasteiger partial charge is 0.491 e. The Morgan fingerprint density at radius 1 is 1.00 bits per heavy atom. The van der Waals surface area contributed by atoms with Crippen LogP contribution in [0.2, 0.25) is 0 Å². The summed E-state index contributed by atoms with van der Waals surface area (Å²) in [6.07, 6.45) is -0.427. The van der Waals surface area contributed by atoms with E-state index in [0.29, 0.717) is 25.6 Å². The van der Waals surface area contributed by atoms with Crippen molar-refractivity contribution in [1.82, 2.24) is 0 Å². The van der Waals surface area contributed by atoms with Gasteiger partial charge in [0.2, 0.25) is 5.82 Å². The molecule has 0 fully saturated rings. The topological polar surface area (TPSA) is 27.7 Å². The lowest BCUT2D eigenvalue weighted by Gasteiger charge is -2.16. The molecule has 20 heavy (non-hydrogen) atoms. The van der Waals surface area contributed by atoms with Gasteiger partial charge in [-0.05, 0) is 32.9 Å². The fourth-order valence-corrected chi connectivity index (χ4v) is 2.46. The highest BCUT2D eigenvalue weighted by Gasteiger charge is 2.16. The number of halogens is 2. The van der Waals surface area contributed by atoms with Gasteiger partial charge >= 0.3 is 0 Å². The predicted molar refractivity (Wildman–Crippen MR) is 75.3 cm³/mol. The summed E-state index contributed by atoms with van der Waals surface area (Å²) in [7, 11) is 0. The van der Waals surface area contributed by atoms with Crippen molar-refractivity contribution in [3.63, 3.8) is 0 Å². The van der Waals surface area contributed by atoms with E-state index >= 15 is 0 Å². The molecule has 0 aliphatic rings. The zero-order chi connectivity index (χ0) is 15.0. The van der Waals surface area contributed by atoms with Crippen LogP contribution in [0.5, 0.6) is 5.75 Å². The molecule has 1 aromatic rings. The number of hydrogen-bond acceptors (Lipinski definition) is 4. The minimum atomic E-state index is -0.957. The molecular weight excluding hydrogens is 286 g/mol. The Morgan fingerprint density at radius 3 is 2.20 bits per heavy atom. The van der Waals surface area contributed by atoms with Crippen molar-refractivity contribution in [3.05, 3.63) is 23.8 Å². The zero-order valence-electron chi connectivity index (χ0n) is 11.9. The Kier molecular flexibility index (Phi) is 7.87. The van der Waals surface area contributed by atoms with Crippen LogP contribution in [-0.2, 0) is 9.47 Å². The van der Waals surface area contributed by atoms with E-state index in [-0.39, 0.29) is 10.6 Å². The molecule has 114 valence electrons. The van der Waals surface area contributed by atoms with Crippen molar-refractivity contribution in [3.8, 4) is 5.75 Å². The van der Waals surface area contributed by atoms with Gasteiger partial charge in [0.1, 0.15) is 0 Å². The van der Waals surface area contributed by atoms with E-state index in [0.717, 1.165) is 11.8 Å². The van der Waals surface area contributed by atoms with Crippen molar-refractivity contribution in [2.24, 2.45) is 0 Å².